The lowest BCUT2D eigenvalue weighted by Crippen LogP contribution is -2.60. The topological polar surface area (TPSA) is 77.6 Å². The lowest BCUT2D eigenvalue weighted by molar-refractivity contribution is -0.135. The lowest BCUT2D eigenvalue weighted by atomic mass is 9.79. The zero-order chi connectivity index (χ0) is 22.2. The maximum Gasteiger partial charge on any atom is 0.236 e. The van der Waals surface area contributed by atoms with E-state index in [9.17, 15) is 9.59 Å². The first-order valence-electron chi connectivity index (χ1n) is 12.5. The number of carbonyl (C=O) groups is 2. The summed E-state index contributed by atoms with van der Waals surface area (Å²) in [5.41, 5.74) is 0.0995. The smallest absolute Gasteiger partial charge is 0.236 e. The summed E-state index contributed by atoms with van der Waals surface area (Å²) < 4.78 is 10.9. The quantitative estimate of drug-likeness (QED) is 0.565. The molecule has 0 unspecified atom stereocenters. The lowest BCUT2D eigenvalue weighted by Gasteiger charge is -2.48. The van der Waals surface area contributed by atoms with Crippen LogP contribution < -0.4 is 5.32 Å². The molecule has 1 N–H and O–H groups in total. The van der Waals surface area contributed by atoms with Crippen molar-refractivity contribution in [2.24, 2.45) is 0 Å². The minimum absolute atomic E-state index is 0.0995. The second-order valence-corrected chi connectivity index (χ2v) is 9.71. The van der Waals surface area contributed by atoms with Gasteiger partial charge >= 0.3 is 0 Å². The van der Waals surface area contributed by atoms with E-state index in [1.54, 1.807) is 0 Å². The zero-order valence-electron chi connectivity index (χ0n) is 19.6. The van der Waals surface area contributed by atoms with Crippen LogP contribution in [-0.4, -0.2) is 135 Å². The van der Waals surface area contributed by atoms with E-state index in [1.807, 2.05) is 4.90 Å². The van der Waals surface area contributed by atoms with Gasteiger partial charge in [0.2, 0.25) is 11.8 Å². The summed E-state index contributed by atoms with van der Waals surface area (Å²) in [4.78, 5) is 34.2. The highest BCUT2D eigenvalue weighted by Gasteiger charge is 2.39. The van der Waals surface area contributed by atoms with Crippen molar-refractivity contribution in [3.8, 4) is 0 Å². The van der Waals surface area contributed by atoms with E-state index in [2.05, 4.69) is 20.0 Å². The van der Waals surface area contributed by atoms with Crippen molar-refractivity contribution in [3.63, 3.8) is 0 Å². The van der Waals surface area contributed by atoms with E-state index in [1.165, 1.54) is 19.3 Å². The molecule has 0 aromatic rings. The van der Waals surface area contributed by atoms with Gasteiger partial charge in [-0.3, -0.25) is 24.3 Å². The van der Waals surface area contributed by atoms with E-state index >= 15 is 0 Å². The van der Waals surface area contributed by atoms with Crippen molar-refractivity contribution in [1.29, 1.82) is 0 Å². The Bertz CT molecular complexity index is 608. The van der Waals surface area contributed by atoms with Crippen molar-refractivity contribution in [3.05, 3.63) is 0 Å². The first-order chi connectivity index (χ1) is 15.6. The first-order valence-corrected chi connectivity index (χ1v) is 12.5. The van der Waals surface area contributed by atoms with Gasteiger partial charge in [0.1, 0.15) is 0 Å². The van der Waals surface area contributed by atoms with E-state index in [0.717, 1.165) is 71.9 Å². The normalized spacial score (nSPS) is 26.1. The second-order valence-electron chi connectivity index (χ2n) is 9.71. The number of nitrogens with one attached hydrogen (secondary N) is 1. The van der Waals surface area contributed by atoms with E-state index in [0.29, 0.717) is 39.4 Å². The van der Waals surface area contributed by atoms with Gasteiger partial charge < -0.3 is 19.7 Å². The summed E-state index contributed by atoms with van der Waals surface area (Å²) in [5.74, 6) is 0.303. The monoisotopic (exact) mass is 451 g/mol. The Hall–Kier alpha value is -1.26. The van der Waals surface area contributed by atoms with Crippen molar-refractivity contribution >= 4 is 11.8 Å². The van der Waals surface area contributed by atoms with Gasteiger partial charge in [0.05, 0.1) is 39.5 Å². The third-order valence-corrected chi connectivity index (χ3v) is 7.64. The molecule has 1 aliphatic carbocycles. The summed E-state index contributed by atoms with van der Waals surface area (Å²) in [6.45, 7) is 11.2. The van der Waals surface area contributed by atoms with Crippen molar-refractivity contribution in [2.45, 2.75) is 37.6 Å². The summed E-state index contributed by atoms with van der Waals surface area (Å²) in [7, 11) is 0. The van der Waals surface area contributed by atoms with E-state index < -0.39 is 0 Å². The fraction of sp³-hybridized carbons (Fsp3) is 0.913. The predicted molar refractivity (Wildman–Crippen MR) is 121 cm³/mol. The molecule has 0 aromatic heterocycles. The first kappa shape index (κ1) is 23.9. The Labute approximate surface area is 192 Å². The second kappa shape index (κ2) is 11.7. The average Bonchev–Trinajstić information content (AvgIpc) is 2.85. The predicted octanol–water partition coefficient (Wildman–Crippen LogP) is -0.386. The SMILES string of the molecule is O=C(CN1CCN(C(=O)CN2CCOCC2)CC1)NCC1(N2CCOCC2)CCCCC1. The van der Waals surface area contributed by atoms with Crippen LogP contribution in [0, 0.1) is 0 Å². The number of hydrogen-bond donors (Lipinski definition) is 1. The molecule has 3 heterocycles. The Morgan fingerprint density at radius 3 is 1.97 bits per heavy atom. The highest BCUT2D eigenvalue weighted by atomic mass is 16.5. The minimum atomic E-state index is 0.0995. The molecule has 2 amide bonds. The van der Waals surface area contributed by atoms with Crippen LogP contribution in [0.2, 0.25) is 0 Å². The number of nitrogens with zero attached hydrogens (tertiary/aromatic N) is 4. The summed E-state index contributed by atoms with van der Waals surface area (Å²) >= 11 is 0. The fourth-order valence-corrected chi connectivity index (χ4v) is 5.58. The van der Waals surface area contributed by atoms with Crippen LogP contribution in [0.5, 0.6) is 0 Å². The highest BCUT2D eigenvalue weighted by Crippen LogP contribution is 2.33. The molecule has 3 aliphatic heterocycles. The number of ether oxygens (including phenoxy) is 2. The standard InChI is InChI=1S/C23H41N5O4/c29-21(24-20-23(4-2-1-3-5-23)28-12-16-32-17-13-28)18-25-6-8-27(9-7-25)22(30)19-26-10-14-31-15-11-26/h1-20H2,(H,24,29). The Morgan fingerprint density at radius 1 is 0.719 bits per heavy atom. The molecule has 0 bridgehead atoms. The van der Waals surface area contributed by atoms with Gasteiger partial charge in [-0.05, 0) is 12.8 Å². The molecular formula is C23H41N5O4. The molecule has 1 saturated carbocycles. The van der Waals surface area contributed by atoms with Crippen molar-refractivity contribution in [1.82, 2.24) is 24.9 Å². The van der Waals surface area contributed by atoms with Crippen LogP contribution in [0.1, 0.15) is 32.1 Å². The zero-order valence-corrected chi connectivity index (χ0v) is 19.6. The Balaban J connectivity index is 1.18. The van der Waals surface area contributed by atoms with Crippen LogP contribution in [-0.2, 0) is 19.1 Å². The fourth-order valence-electron chi connectivity index (χ4n) is 5.58. The molecule has 4 fully saturated rings. The number of piperazine rings is 1. The molecule has 4 rings (SSSR count). The largest absolute Gasteiger partial charge is 0.379 e. The number of carbonyl (C=O) groups excluding carboxylic acids is 2. The van der Waals surface area contributed by atoms with Crippen LogP contribution in [0.3, 0.4) is 0 Å². The average molecular weight is 452 g/mol. The van der Waals surface area contributed by atoms with Gasteiger partial charge in [-0.15, -0.1) is 0 Å². The minimum Gasteiger partial charge on any atom is -0.379 e. The van der Waals surface area contributed by atoms with Gasteiger partial charge in [-0.2, -0.15) is 0 Å². The molecule has 9 heteroatoms. The van der Waals surface area contributed by atoms with E-state index in [-0.39, 0.29) is 17.4 Å². The number of morpholine rings is 2. The Morgan fingerprint density at radius 2 is 1.31 bits per heavy atom. The van der Waals surface area contributed by atoms with Crippen LogP contribution in [0.15, 0.2) is 0 Å². The molecule has 0 spiro atoms. The maximum absolute atomic E-state index is 12.8. The molecule has 0 atom stereocenters. The molecule has 9 nitrogen and oxygen atoms in total. The summed E-state index contributed by atoms with van der Waals surface area (Å²) in [6.07, 6.45) is 6.12. The molecule has 32 heavy (non-hydrogen) atoms. The maximum atomic E-state index is 12.8. The molecule has 182 valence electrons. The van der Waals surface area contributed by atoms with Gasteiger partial charge in [0.15, 0.2) is 0 Å². The van der Waals surface area contributed by atoms with Gasteiger partial charge in [-0.25, -0.2) is 0 Å². The van der Waals surface area contributed by atoms with Gasteiger partial charge in [-0.1, -0.05) is 19.3 Å². The van der Waals surface area contributed by atoms with Crippen LogP contribution >= 0.6 is 0 Å². The summed E-state index contributed by atoms with van der Waals surface area (Å²) in [6, 6.07) is 0. The molecule has 0 radical (unpaired) electrons. The molecule has 3 saturated heterocycles. The molecule has 0 aromatic carbocycles. The number of rotatable bonds is 7. The van der Waals surface area contributed by atoms with Gasteiger partial charge in [0.25, 0.3) is 0 Å². The van der Waals surface area contributed by atoms with Crippen LogP contribution in [0.4, 0.5) is 0 Å². The number of amides is 2. The molecular weight excluding hydrogens is 410 g/mol. The third kappa shape index (κ3) is 6.41. The van der Waals surface area contributed by atoms with E-state index in [4.69, 9.17) is 9.47 Å². The molecule has 4 aliphatic rings. The highest BCUT2D eigenvalue weighted by molar-refractivity contribution is 5.79. The van der Waals surface area contributed by atoms with Crippen molar-refractivity contribution in [2.75, 3.05) is 98.4 Å². The van der Waals surface area contributed by atoms with Crippen LogP contribution in [0.25, 0.3) is 0 Å². The Kier molecular flexibility index (Phi) is 8.76. The number of hydrogen-bond acceptors (Lipinski definition) is 7. The van der Waals surface area contributed by atoms with Crippen molar-refractivity contribution < 1.29 is 19.1 Å². The van der Waals surface area contributed by atoms with Gasteiger partial charge in [0, 0.05) is 64.4 Å². The summed E-state index contributed by atoms with van der Waals surface area (Å²) in [5, 5.41) is 3.26. The third-order valence-electron chi connectivity index (χ3n) is 7.64.